The molecule has 0 aliphatic carbocycles. The predicted molar refractivity (Wildman–Crippen MR) is 206 cm³/mol. The number of nitriles is 2. The largest absolute Gasteiger partial charge is 0.336 e. The molecule has 2 N–H and O–H groups in total. The lowest BCUT2D eigenvalue weighted by Gasteiger charge is -2.35. The van der Waals surface area contributed by atoms with E-state index in [2.05, 4.69) is 12.1 Å². The van der Waals surface area contributed by atoms with Gasteiger partial charge in [-0.2, -0.15) is 19.1 Å². The van der Waals surface area contributed by atoms with Gasteiger partial charge in [0.2, 0.25) is 43.7 Å². The van der Waals surface area contributed by atoms with Crippen molar-refractivity contribution in [1.29, 1.82) is 10.5 Å². The normalized spacial score (nSPS) is 27.5. The minimum absolute atomic E-state index is 0.0265. The second-order valence-corrected chi connectivity index (χ2v) is 19.8. The molecule has 2 aromatic rings. The molecule has 6 aliphatic heterocycles. The molecule has 6 aliphatic rings. The number of benzene rings is 2. The average molecular weight is 870 g/mol. The summed E-state index contributed by atoms with van der Waals surface area (Å²) in [6, 6.07) is 9.36. The van der Waals surface area contributed by atoms with Gasteiger partial charge in [-0.05, 0) is 74.9 Å². The number of likely N-dealkylation sites (tertiary alicyclic amines) is 4. The molecule has 320 valence electrons. The van der Waals surface area contributed by atoms with Crippen molar-refractivity contribution in [3.8, 4) is 12.1 Å². The highest BCUT2D eigenvalue weighted by molar-refractivity contribution is 7.89. The number of carbonyl (C=O) groups excluding carboxylic acids is 4. The number of fused-ring (bicyclic) bond motifs is 4. The van der Waals surface area contributed by atoms with Crippen molar-refractivity contribution in [1.82, 2.24) is 28.2 Å². The summed E-state index contributed by atoms with van der Waals surface area (Å²) in [5.41, 5.74) is 6.05. The lowest BCUT2D eigenvalue weighted by Crippen LogP contribution is -2.57. The maximum absolute atomic E-state index is 13.5. The molecular weight excluding hydrogens is 825 g/mol. The zero-order valence-electron chi connectivity index (χ0n) is 32.7. The van der Waals surface area contributed by atoms with Gasteiger partial charge < -0.3 is 25.3 Å². The Bertz CT molecular complexity index is 2210. The highest BCUT2D eigenvalue weighted by Gasteiger charge is 2.56. The van der Waals surface area contributed by atoms with Gasteiger partial charge in [0.1, 0.15) is 41.8 Å². The van der Waals surface area contributed by atoms with Crippen LogP contribution in [0, 0.1) is 40.2 Å². The van der Waals surface area contributed by atoms with Gasteiger partial charge >= 0.3 is 0 Å². The van der Waals surface area contributed by atoms with Crippen molar-refractivity contribution < 1.29 is 44.8 Å². The van der Waals surface area contributed by atoms with Crippen LogP contribution in [0.15, 0.2) is 58.3 Å². The van der Waals surface area contributed by atoms with Crippen LogP contribution in [0.4, 0.5) is 8.78 Å². The Morgan fingerprint density at radius 1 is 0.750 bits per heavy atom. The number of hydrogen-bond donors (Lipinski definition) is 1. The van der Waals surface area contributed by atoms with Gasteiger partial charge in [0.15, 0.2) is 0 Å². The van der Waals surface area contributed by atoms with Crippen LogP contribution in [0.2, 0.25) is 0 Å². The Hall–Kier alpha value is -5.06. The van der Waals surface area contributed by atoms with Crippen LogP contribution in [0.1, 0.15) is 45.4 Å². The monoisotopic (exact) mass is 869 g/mol. The molecule has 60 heavy (non-hydrogen) atoms. The van der Waals surface area contributed by atoms with Crippen LogP contribution in [-0.4, -0.2) is 150 Å². The van der Waals surface area contributed by atoms with Gasteiger partial charge in [-0.1, -0.05) is 19.1 Å². The number of nitrogens with zero attached hydrogens (tertiary/aromatic N) is 8. The van der Waals surface area contributed by atoms with Crippen molar-refractivity contribution in [2.45, 2.75) is 97.5 Å². The van der Waals surface area contributed by atoms with E-state index in [1.165, 1.54) is 34.1 Å². The van der Waals surface area contributed by atoms with Gasteiger partial charge in [0.05, 0.1) is 27.8 Å². The first-order valence-electron chi connectivity index (χ1n) is 19.8. The van der Waals surface area contributed by atoms with E-state index in [9.17, 15) is 50.1 Å². The molecule has 6 fully saturated rings. The molecule has 0 saturated carbocycles. The molecule has 8 atom stereocenters. The Morgan fingerprint density at radius 3 is 1.60 bits per heavy atom. The van der Waals surface area contributed by atoms with Gasteiger partial charge in [0.25, 0.3) is 0 Å². The fraction of sp³-hybridized carbons (Fsp3) is 0.538. The first-order chi connectivity index (χ1) is 28.5. The number of nitrogens with two attached hydrogens (primary N) is 1. The number of sulfonamides is 2. The maximum Gasteiger partial charge on any atom is 0.243 e. The molecule has 21 heteroatoms. The Balaban J connectivity index is 0.000000181. The molecule has 4 amide bonds. The van der Waals surface area contributed by atoms with E-state index < -0.39 is 79.8 Å². The summed E-state index contributed by atoms with van der Waals surface area (Å²) in [7, 11) is -8.00. The minimum atomic E-state index is -4.01. The third kappa shape index (κ3) is 7.84. The third-order valence-corrected chi connectivity index (χ3v) is 16.0. The van der Waals surface area contributed by atoms with Crippen LogP contribution in [0.3, 0.4) is 0 Å². The fourth-order valence-corrected chi connectivity index (χ4v) is 12.6. The lowest BCUT2D eigenvalue weighted by atomic mass is 10.1. The maximum atomic E-state index is 13.5. The zero-order valence-corrected chi connectivity index (χ0v) is 34.3. The number of hydrogen-bond acceptors (Lipinski definition) is 11. The Kier molecular flexibility index (Phi) is 12.0. The van der Waals surface area contributed by atoms with E-state index in [4.69, 9.17) is 11.0 Å². The third-order valence-electron chi connectivity index (χ3n) is 12.3. The second-order valence-electron chi connectivity index (χ2n) is 16.0. The molecule has 6 heterocycles. The highest BCUT2D eigenvalue weighted by atomic mass is 32.2. The summed E-state index contributed by atoms with van der Waals surface area (Å²) in [6.45, 7) is 3.10. The molecule has 17 nitrogen and oxygen atoms in total. The molecule has 8 rings (SSSR count). The van der Waals surface area contributed by atoms with Gasteiger partial charge in [-0.25, -0.2) is 25.6 Å². The average Bonchev–Trinajstić information content (AvgIpc) is 4.09. The quantitative estimate of drug-likeness (QED) is 0.348. The first kappa shape index (κ1) is 43.0. The van der Waals surface area contributed by atoms with Gasteiger partial charge in [-0.3, -0.25) is 19.2 Å². The zero-order chi connectivity index (χ0) is 43.3. The van der Waals surface area contributed by atoms with Crippen LogP contribution in [-0.2, 0) is 39.2 Å². The van der Waals surface area contributed by atoms with E-state index in [1.807, 2.05) is 0 Å². The summed E-state index contributed by atoms with van der Waals surface area (Å²) in [4.78, 5) is 56.8. The first-order valence-corrected chi connectivity index (χ1v) is 22.7. The molecular formula is C39H45F2N9O8S2. The fourth-order valence-electron chi connectivity index (χ4n) is 9.24. The van der Waals surface area contributed by atoms with Crippen molar-refractivity contribution in [3.05, 3.63) is 60.2 Å². The molecule has 0 aromatic heterocycles. The topological polar surface area (TPSA) is 230 Å². The molecule has 6 saturated heterocycles. The number of amides is 4. The predicted octanol–water partition coefficient (Wildman–Crippen LogP) is 0.592. The summed E-state index contributed by atoms with van der Waals surface area (Å²) >= 11 is 0. The standard InChI is InChI=1S/C20H23FN4O4S.C19H22FN5O4S/c1-13(19(26)23-7-3-5-15(23)10-22)11-24-16-9-18(20(24)27)25(12-16)30(28,29)17-6-2-4-14(21)8-17;20-12-3-1-5-15(7-12)30(28,29)25-10-14-8-17(25)19(27)24(14)11-16(22)18(26)23-6-2-4-13(23)9-21/h2,4,6,8,13,15-16,18H,3,5,7,9,11-12H2,1H3;1,3,5,7,13-14,16-17H,2,4,6,8,10-11,22H2/t13-,15-,16-,18-;13-,14-,16-,17-/m00/s1. The summed E-state index contributed by atoms with van der Waals surface area (Å²) in [6.07, 6.45) is 3.45. The van der Waals surface area contributed by atoms with Crippen molar-refractivity contribution in [2.24, 2.45) is 11.7 Å². The number of rotatable bonds is 10. The summed E-state index contributed by atoms with van der Waals surface area (Å²) in [5, 5.41) is 18.4. The van der Waals surface area contributed by atoms with Gasteiger partial charge in [0, 0.05) is 51.4 Å². The van der Waals surface area contributed by atoms with Crippen LogP contribution in [0.5, 0.6) is 0 Å². The lowest BCUT2D eigenvalue weighted by molar-refractivity contribution is -0.140. The van der Waals surface area contributed by atoms with E-state index in [0.717, 1.165) is 45.7 Å². The number of piperazine rings is 2. The number of carbonyl (C=O) groups is 4. The summed E-state index contributed by atoms with van der Waals surface area (Å²) in [5.74, 6) is -3.07. The molecule has 0 unspecified atom stereocenters. The van der Waals surface area contributed by atoms with E-state index >= 15 is 0 Å². The SMILES string of the molecule is C[C@@H](CN1C(=O)[C@@H]2C[C@H]1CN2S(=O)(=O)c1cccc(F)c1)C(=O)N1CCC[C@H]1C#N.N#C[C@@H]1CCCN1C(=O)[C@@H](N)CN1C(=O)[C@@H]2C[C@H]1CN2S(=O)(=O)c1cccc(F)c1. The second kappa shape index (κ2) is 16.8. The van der Waals surface area contributed by atoms with E-state index in [0.29, 0.717) is 38.8 Å². The molecule has 2 aromatic carbocycles. The van der Waals surface area contributed by atoms with Crippen LogP contribution < -0.4 is 5.73 Å². The van der Waals surface area contributed by atoms with Crippen molar-refractivity contribution >= 4 is 43.7 Å². The van der Waals surface area contributed by atoms with E-state index in [-0.39, 0.29) is 59.7 Å². The smallest absolute Gasteiger partial charge is 0.243 e. The molecule has 0 radical (unpaired) electrons. The molecule has 0 spiro atoms. The van der Waals surface area contributed by atoms with Gasteiger partial charge in [-0.15, -0.1) is 0 Å². The van der Waals surface area contributed by atoms with Crippen molar-refractivity contribution in [2.75, 3.05) is 39.3 Å². The van der Waals surface area contributed by atoms with Crippen LogP contribution in [0.25, 0.3) is 0 Å². The highest BCUT2D eigenvalue weighted by Crippen LogP contribution is 2.38. The number of halogens is 2. The molecule has 4 bridgehead atoms. The minimum Gasteiger partial charge on any atom is -0.336 e. The van der Waals surface area contributed by atoms with Crippen molar-refractivity contribution in [3.63, 3.8) is 0 Å². The Morgan fingerprint density at radius 2 is 1.18 bits per heavy atom. The van der Waals surface area contributed by atoms with E-state index in [1.54, 1.807) is 16.7 Å². The summed E-state index contributed by atoms with van der Waals surface area (Å²) < 4.78 is 80.8. The van der Waals surface area contributed by atoms with Crippen LogP contribution >= 0.6 is 0 Å². The Labute approximate surface area is 346 Å².